The second kappa shape index (κ2) is 2.84. The molecular weight excluding hydrogens is 175 g/mol. The zero-order valence-corrected chi connectivity index (χ0v) is 7.03. The van der Waals surface area contributed by atoms with Crippen LogP contribution in [0.5, 0.6) is 0 Å². The summed E-state index contributed by atoms with van der Waals surface area (Å²) in [5, 5.41) is 12.5. The Bertz CT molecular complexity index is 408. The highest BCUT2D eigenvalue weighted by Crippen LogP contribution is 2.25. The van der Waals surface area contributed by atoms with Gasteiger partial charge in [-0.15, -0.1) is 11.3 Å². The van der Waals surface area contributed by atoms with Gasteiger partial charge in [0.2, 0.25) is 0 Å². The molecule has 12 heavy (non-hydrogen) atoms. The molecule has 1 aromatic heterocycles. The lowest BCUT2D eigenvalue weighted by atomic mass is 10.2. The highest BCUT2D eigenvalue weighted by molar-refractivity contribution is 7.17. The van der Waals surface area contributed by atoms with E-state index in [0.29, 0.717) is 10.9 Å². The number of halogens is 1. The summed E-state index contributed by atoms with van der Waals surface area (Å²) >= 11 is 1.36. The lowest BCUT2D eigenvalue weighted by molar-refractivity contribution is 0.177. The molecule has 0 saturated heterocycles. The van der Waals surface area contributed by atoms with Crippen LogP contribution in [0, 0.1) is 5.82 Å². The number of benzene rings is 1. The molecule has 0 aliphatic heterocycles. The summed E-state index contributed by atoms with van der Waals surface area (Å²) in [4.78, 5) is 0. The van der Waals surface area contributed by atoms with Gasteiger partial charge in [-0.25, -0.2) is 9.50 Å². The average Bonchev–Trinajstić information content (AvgIpc) is 2.47. The fourth-order valence-corrected chi connectivity index (χ4v) is 1.92. The fourth-order valence-electron chi connectivity index (χ4n) is 1.14. The molecule has 0 fully saturated rings. The molecule has 1 heterocycles. The Hall–Kier alpha value is -0.930. The minimum Gasteiger partial charge on any atom is -0.232 e. The molecular formula is C9H6FOS. The maximum Gasteiger partial charge on any atom is 0.141 e. The van der Waals surface area contributed by atoms with Crippen molar-refractivity contribution in [1.82, 2.24) is 0 Å². The smallest absolute Gasteiger partial charge is 0.141 e. The summed E-state index contributed by atoms with van der Waals surface area (Å²) in [6.07, 6.45) is 0. The van der Waals surface area contributed by atoms with Crippen LogP contribution in [0.15, 0.2) is 23.6 Å². The van der Waals surface area contributed by atoms with Crippen LogP contribution in [0.1, 0.15) is 5.56 Å². The van der Waals surface area contributed by atoms with Gasteiger partial charge in [0.1, 0.15) is 12.4 Å². The van der Waals surface area contributed by atoms with Crippen LogP contribution in [-0.2, 0) is 11.7 Å². The van der Waals surface area contributed by atoms with Gasteiger partial charge in [-0.05, 0) is 17.7 Å². The summed E-state index contributed by atoms with van der Waals surface area (Å²) in [6, 6.07) is 5.15. The molecule has 61 valence electrons. The Kier molecular flexibility index (Phi) is 1.83. The molecule has 3 heteroatoms. The standard InChI is InChI=1S/C9H6FOS/c10-8-5-12-9-2-1-6(4-11)3-7(8)9/h1-3,5H,4H2. The van der Waals surface area contributed by atoms with Crippen molar-refractivity contribution in [1.29, 1.82) is 0 Å². The normalized spacial score (nSPS) is 10.8. The molecule has 0 unspecified atom stereocenters. The van der Waals surface area contributed by atoms with Crippen molar-refractivity contribution >= 4 is 21.4 Å². The van der Waals surface area contributed by atoms with E-state index in [4.69, 9.17) is 0 Å². The van der Waals surface area contributed by atoms with Gasteiger partial charge in [-0.2, -0.15) is 0 Å². The van der Waals surface area contributed by atoms with Crippen LogP contribution in [0.3, 0.4) is 0 Å². The Balaban J connectivity index is 2.71. The minimum absolute atomic E-state index is 0.231. The van der Waals surface area contributed by atoms with E-state index in [2.05, 4.69) is 0 Å². The van der Waals surface area contributed by atoms with Gasteiger partial charge < -0.3 is 0 Å². The van der Waals surface area contributed by atoms with Crippen molar-refractivity contribution in [3.05, 3.63) is 35.0 Å². The van der Waals surface area contributed by atoms with Gasteiger partial charge in [0.15, 0.2) is 0 Å². The maximum atomic E-state index is 13.0. The van der Waals surface area contributed by atoms with Crippen LogP contribution < -0.4 is 0 Å². The monoisotopic (exact) mass is 181 g/mol. The van der Waals surface area contributed by atoms with Crippen molar-refractivity contribution < 1.29 is 9.50 Å². The van der Waals surface area contributed by atoms with Crippen molar-refractivity contribution in [2.24, 2.45) is 0 Å². The van der Waals surface area contributed by atoms with Crippen LogP contribution >= 0.6 is 11.3 Å². The van der Waals surface area contributed by atoms with E-state index in [9.17, 15) is 9.50 Å². The summed E-state index contributed by atoms with van der Waals surface area (Å²) in [6.45, 7) is -0.286. The third-order valence-corrected chi connectivity index (χ3v) is 2.69. The quantitative estimate of drug-likeness (QED) is 0.644. The number of rotatable bonds is 1. The van der Waals surface area contributed by atoms with Crippen molar-refractivity contribution in [2.75, 3.05) is 0 Å². The predicted octanol–water partition coefficient (Wildman–Crippen LogP) is 2.97. The summed E-state index contributed by atoms with van der Waals surface area (Å²) in [7, 11) is 0. The number of fused-ring (bicyclic) bond motifs is 1. The van der Waals surface area contributed by atoms with E-state index in [1.165, 1.54) is 16.7 Å². The number of thiophene rings is 1. The van der Waals surface area contributed by atoms with Crippen molar-refractivity contribution in [2.45, 2.75) is 6.61 Å². The van der Waals surface area contributed by atoms with Gasteiger partial charge in [-0.3, -0.25) is 0 Å². The molecule has 0 spiro atoms. The van der Waals surface area contributed by atoms with E-state index >= 15 is 0 Å². The van der Waals surface area contributed by atoms with Crippen LogP contribution in [-0.4, -0.2) is 0 Å². The molecule has 0 bridgehead atoms. The molecule has 1 nitrogen and oxygen atoms in total. The molecule has 1 aromatic carbocycles. The van der Waals surface area contributed by atoms with Crippen LogP contribution in [0.25, 0.3) is 10.1 Å². The first-order valence-electron chi connectivity index (χ1n) is 3.55. The lowest BCUT2D eigenvalue weighted by Crippen LogP contribution is -1.79. The molecule has 0 N–H and O–H groups in total. The highest BCUT2D eigenvalue weighted by atomic mass is 32.1. The zero-order chi connectivity index (χ0) is 8.55. The van der Waals surface area contributed by atoms with Gasteiger partial charge >= 0.3 is 0 Å². The molecule has 0 aliphatic rings. The Morgan fingerprint density at radius 3 is 3.00 bits per heavy atom. The van der Waals surface area contributed by atoms with E-state index in [1.807, 2.05) is 0 Å². The highest BCUT2D eigenvalue weighted by Gasteiger charge is 2.03. The average molecular weight is 181 g/mol. The van der Waals surface area contributed by atoms with Crippen LogP contribution in [0.2, 0.25) is 0 Å². The first-order chi connectivity index (χ1) is 5.81. The number of hydrogen-bond donors (Lipinski definition) is 0. The van der Waals surface area contributed by atoms with Gasteiger partial charge in [0.25, 0.3) is 0 Å². The van der Waals surface area contributed by atoms with E-state index in [0.717, 1.165) is 4.70 Å². The predicted molar refractivity (Wildman–Crippen MR) is 46.2 cm³/mol. The zero-order valence-electron chi connectivity index (χ0n) is 6.21. The molecule has 2 aromatic rings. The molecule has 0 amide bonds. The van der Waals surface area contributed by atoms with Crippen LogP contribution in [0.4, 0.5) is 4.39 Å². The maximum absolute atomic E-state index is 13.0. The topological polar surface area (TPSA) is 19.9 Å². The molecule has 1 radical (unpaired) electrons. The largest absolute Gasteiger partial charge is 0.232 e. The minimum atomic E-state index is -0.286. The first-order valence-corrected chi connectivity index (χ1v) is 4.43. The van der Waals surface area contributed by atoms with Gasteiger partial charge in [0, 0.05) is 15.5 Å². The summed E-state index contributed by atoms with van der Waals surface area (Å²) in [5.41, 5.74) is 0.639. The SMILES string of the molecule is [O]Cc1ccc2scc(F)c2c1. The Morgan fingerprint density at radius 1 is 1.42 bits per heavy atom. The molecule has 0 aliphatic carbocycles. The molecule has 2 rings (SSSR count). The molecule has 0 saturated carbocycles. The van der Waals surface area contributed by atoms with E-state index < -0.39 is 0 Å². The number of hydrogen-bond acceptors (Lipinski definition) is 1. The van der Waals surface area contributed by atoms with Gasteiger partial charge in [-0.1, -0.05) is 6.07 Å². The second-order valence-corrected chi connectivity index (χ2v) is 3.47. The van der Waals surface area contributed by atoms with E-state index in [1.54, 1.807) is 18.2 Å². The fraction of sp³-hybridized carbons (Fsp3) is 0.111. The third kappa shape index (κ3) is 1.11. The van der Waals surface area contributed by atoms with E-state index in [-0.39, 0.29) is 12.4 Å². The molecule has 0 atom stereocenters. The lowest BCUT2D eigenvalue weighted by Gasteiger charge is -1.93. The van der Waals surface area contributed by atoms with Crippen molar-refractivity contribution in [3.8, 4) is 0 Å². The first kappa shape index (κ1) is 7.71. The Labute approximate surface area is 73.1 Å². The summed E-state index contributed by atoms with van der Waals surface area (Å²) in [5.74, 6) is -0.231. The Morgan fingerprint density at radius 2 is 2.25 bits per heavy atom. The second-order valence-electron chi connectivity index (χ2n) is 2.56. The summed E-state index contributed by atoms with van der Waals surface area (Å²) < 4.78 is 13.9. The van der Waals surface area contributed by atoms with Gasteiger partial charge in [0.05, 0.1) is 0 Å². The third-order valence-electron chi connectivity index (χ3n) is 1.76. The van der Waals surface area contributed by atoms with Crippen molar-refractivity contribution in [3.63, 3.8) is 0 Å².